The van der Waals surface area contributed by atoms with E-state index in [1.54, 1.807) is 24.4 Å². The van der Waals surface area contributed by atoms with E-state index in [4.69, 9.17) is 4.74 Å². The molecule has 0 saturated carbocycles. The number of halogens is 1. The molecule has 0 spiro atoms. The van der Waals surface area contributed by atoms with Gasteiger partial charge in [0.1, 0.15) is 5.75 Å². The zero-order chi connectivity index (χ0) is 13.0. The minimum atomic E-state index is 0.0579. The third-order valence-electron chi connectivity index (χ3n) is 2.47. The summed E-state index contributed by atoms with van der Waals surface area (Å²) in [5.41, 5.74) is 1.59. The van der Waals surface area contributed by atoms with Gasteiger partial charge in [0.25, 0.3) is 0 Å². The molecular formula is C14H12BrNO2. The van der Waals surface area contributed by atoms with Crippen LogP contribution in [0.15, 0.2) is 42.6 Å². The predicted octanol–water partition coefficient (Wildman–Crippen LogP) is 3.76. The van der Waals surface area contributed by atoms with Crippen LogP contribution in [-0.2, 0) is 0 Å². The topological polar surface area (TPSA) is 39.2 Å². The third kappa shape index (κ3) is 2.96. The number of benzene rings is 1. The summed E-state index contributed by atoms with van der Waals surface area (Å²) in [4.78, 5) is 15.6. The van der Waals surface area contributed by atoms with Crippen molar-refractivity contribution in [2.45, 2.75) is 6.92 Å². The highest BCUT2D eigenvalue weighted by Crippen LogP contribution is 2.24. The number of carbonyl (C=O) groups is 1. The minimum absolute atomic E-state index is 0.0579. The van der Waals surface area contributed by atoms with Crippen LogP contribution in [0, 0.1) is 6.92 Å². The Morgan fingerprint density at radius 3 is 2.78 bits per heavy atom. The van der Waals surface area contributed by atoms with E-state index < -0.39 is 0 Å². The number of ketones is 1. The van der Waals surface area contributed by atoms with Crippen molar-refractivity contribution in [3.8, 4) is 11.6 Å². The molecule has 0 saturated heterocycles. The number of rotatable bonds is 4. The summed E-state index contributed by atoms with van der Waals surface area (Å²) in [6.45, 7) is 1.91. The Morgan fingerprint density at radius 2 is 2.17 bits per heavy atom. The van der Waals surface area contributed by atoms with Gasteiger partial charge in [0.05, 0.1) is 5.33 Å². The van der Waals surface area contributed by atoms with Gasteiger partial charge in [-0.2, -0.15) is 0 Å². The average molecular weight is 306 g/mol. The summed E-state index contributed by atoms with van der Waals surface area (Å²) >= 11 is 3.16. The number of aryl methyl sites for hydroxylation is 1. The van der Waals surface area contributed by atoms with Crippen LogP contribution >= 0.6 is 15.9 Å². The molecule has 0 bridgehead atoms. The fourth-order valence-electron chi connectivity index (χ4n) is 1.53. The Morgan fingerprint density at radius 1 is 1.33 bits per heavy atom. The Hall–Kier alpha value is -1.68. The number of carbonyl (C=O) groups excluding carboxylic acids is 1. The highest BCUT2D eigenvalue weighted by molar-refractivity contribution is 9.09. The number of ether oxygens (including phenoxy) is 1. The maximum Gasteiger partial charge on any atom is 0.219 e. The smallest absolute Gasteiger partial charge is 0.219 e. The zero-order valence-electron chi connectivity index (χ0n) is 9.89. The van der Waals surface area contributed by atoms with Crippen molar-refractivity contribution in [2.75, 3.05) is 5.33 Å². The van der Waals surface area contributed by atoms with Gasteiger partial charge < -0.3 is 4.74 Å². The lowest BCUT2D eigenvalue weighted by Gasteiger charge is -2.08. The standard InChI is InChI=1S/C14H12BrNO2/c1-10-8-11(12(17)9-15)5-6-13(10)18-14-4-2-3-7-16-14/h2-8H,9H2,1H3. The quantitative estimate of drug-likeness (QED) is 0.638. The molecule has 4 heteroatoms. The largest absolute Gasteiger partial charge is 0.439 e. The first-order chi connectivity index (χ1) is 8.70. The number of hydrogen-bond donors (Lipinski definition) is 0. The lowest BCUT2D eigenvalue weighted by Crippen LogP contribution is -2.00. The Labute approximate surface area is 114 Å². The van der Waals surface area contributed by atoms with E-state index in [0.29, 0.717) is 22.5 Å². The van der Waals surface area contributed by atoms with Crippen molar-refractivity contribution in [3.63, 3.8) is 0 Å². The van der Waals surface area contributed by atoms with E-state index >= 15 is 0 Å². The molecule has 92 valence electrons. The summed E-state index contributed by atoms with van der Waals surface area (Å²) in [6, 6.07) is 10.9. The zero-order valence-corrected chi connectivity index (χ0v) is 11.5. The SMILES string of the molecule is Cc1cc(C(=O)CBr)ccc1Oc1ccccn1. The van der Waals surface area contributed by atoms with Gasteiger partial charge in [-0.25, -0.2) is 4.98 Å². The van der Waals surface area contributed by atoms with E-state index in [1.165, 1.54) is 0 Å². The molecule has 0 atom stereocenters. The highest BCUT2D eigenvalue weighted by atomic mass is 79.9. The molecule has 0 aliphatic rings. The van der Waals surface area contributed by atoms with Gasteiger partial charge >= 0.3 is 0 Å². The molecule has 0 aliphatic heterocycles. The number of hydrogen-bond acceptors (Lipinski definition) is 3. The summed E-state index contributed by atoms with van der Waals surface area (Å²) in [7, 11) is 0. The summed E-state index contributed by atoms with van der Waals surface area (Å²) in [5, 5.41) is 0.326. The van der Waals surface area contributed by atoms with Crippen LogP contribution in [0.4, 0.5) is 0 Å². The summed E-state index contributed by atoms with van der Waals surface area (Å²) in [6.07, 6.45) is 1.67. The van der Waals surface area contributed by atoms with E-state index in [1.807, 2.05) is 25.1 Å². The summed E-state index contributed by atoms with van der Waals surface area (Å²) in [5.74, 6) is 1.31. The second-order valence-corrected chi connectivity index (χ2v) is 4.37. The normalized spacial score (nSPS) is 10.1. The van der Waals surface area contributed by atoms with E-state index in [2.05, 4.69) is 20.9 Å². The van der Waals surface area contributed by atoms with Crippen LogP contribution in [0.2, 0.25) is 0 Å². The third-order valence-corrected chi connectivity index (χ3v) is 2.98. The number of nitrogens with zero attached hydrogens (tertiary/aromatic N) is 1. The molecule has 0 aliphatic carbocycles. The predicted molar refractivity (Wildman–Crippen MR) is 73.6 cm³/mol. The number of Topliss-reactive ketones (excluding diaryl/α,β-unsaturated/α-hetero) is 1. The molecule has 1 aromatic carbocycles. The molecule has 0 radical (unpaired) electrons. The fourth-order valence-corrected chi connectivity index (χ4v) is 1.86. The van der Waals surface area contributed by atoms with Crippen LogP contribution in [-0.4, -0.2) is 16.1 Å². The maximum atomic E-state index is 11.5. The number of alkyl halides is 1. The first-order valence-corrected chi connectivity index (χ1v) is 6.61. The van der Waals surface area contributed by atoms with Crippen LogP contribution in [0.1, 0.15) is 15.9 Å². The molecule has 2 aromatic rings. The van der Waals surface area contributed by atoms with Crippen molar-refractivity contribution in [3.05, 3.63) is 53.7 Å². The van der Waals surface area contributed by atoms with Gasteiger partial charge in [-0.15, -0.1) is 0 Å². The van der Waals surface area contributed by atoms with Crippen molar-refractivity contribution in [2.24, 2.45) is 0 Å². The Kier molecular flexibility index (Phi) is 4.10. The van der Waals surface area contributed by atoms with Crippen molar-refractivity contribution < 1.29 is 9.53 Å². The highest BCUT2D eigenvalue weighted by Gasteiger charge is 2.08. The Balaban J connectivity index is 2.23. The van der Waals surface area contributed by atoms with Crippen molar-refractivity contribution in [1.82, 2.24) is 4.98 Å². The molecule has 0 fully saturated rings. The molecule has 0 unspecified atom stereocenters. The van der Waals surface area contributed by atoms with Crippen molar-refractivity contribution in [1.29, 1.82) is 0 Å². The van der Waals surface area contributed by atoms with Crippen LogP contribution in [0.3, 0.4) is 0 Å². The minimum Gasteiger partial charge on any atom is -0.439 e. The van der Waals surface area contributed by atoms with E-state index in [0.717, 1.165) is 5.56 Å². The number of pyridine rings is 1. The second-order valence-electron chi connectivity index (χ2n) is 3.81. The molecule has 18 heavy (non-hydrogen) atoms. The van der Waals surface area contributed by atoms with Crippen LogP contribution in [0.5, 0.6) is 11.6 Å². The first kappa shape index (κ1) is 12.8. The molecule has 1 aromatic heterocycles. The Bertz CT molecular complexity index is 555. The maximum absolute atomic E-state index is 11.5. The lowest BCUT2D eigenvalue weighted by atomic mass is 10.1. The average Bonchev–Trinajstić information content (AvgIpc) is 2.41. The van der Waals surface area contributed by atoms with Crippen LogP contribution in [0.25, 0.3) is 0 Å². The number of aromatic nitrogens is 1. The van der Waals surface area contributed by atoms with Gasteiger partial charge in [-0.1, -0.05) is 22.0 Å². The van der Waals surface area contributed by atoms with Gasteiger partial charge in [-0.3, -0.25) is 4.79 Å². The van der Waals surface area contributed by atoms with E-state index in [9.17, 15) is 4.79 Å². The molecule has 0 N–H and O–H groups in total. The van der Waals surface area contributed by atoms with Gasteiger partial charge in [0.2, 0.25) is 5.88 Å². The van der Waals surface area contributed by atoms with Gasteiger partial charge in [0.15, 0.2) is 5.78 Å². The molecular weight excluding hydrogens is 294 g/mol. The molecule has 2 rings (SSSR count). The summed E-state index contributed by atoms with van der Waals surface area (Å²) < 4.78 is 5.64. The van der Waals surface area contributed by atoms with E-state index in [-0.39, 0.29) is 5.78 Å². The van der Waals surface area contributed by atoms with Crippen LogP contribution < -0.4 is 4.74 Å². The van der Waals surface area contributed by atoms with Gasteiger partial charge in [0, 0.05) is 17.8 Å². The monoisotopic (exact) mass is 305 g/mol. The molecule has 1 heterocycles. The fraction of sp³-hybridized carbons (Fsp3) is 0.143. The first-order valence-electron chi connectivity index (χ1n) is 5.49. The second kappa shape index (κ2) is 5.78. The van der Waals surface area contributed by atoms with Gasteiger partial charge in [-0.05, 0) is 36.8 Å². The lowest BCUT2D eigenvalue weighted by molar-refractivity contribution is 0.102. The molecule has 3 nitrogen and oxygen atoms in total. The van der Waals surface area contributed by atoms with Crippen molar-refractivity contribution >= 4 is 21.7 Å². The molecule has 0 amide bonds.